The maximum Gasteiger partial charge on any atom is 0.261 e. The second-order valence-corrected chi connectivity index (χ2v) is 2.98. The average molecular weight is 208 g/mol. The molecule has 0 rings (SSSR count). The minimum Gasteiger partial charge on any atom is -0.375 e. The molecule has 0 aliphatic carbocycles. The van der Waals surface area contributed by atoms with Crippen LogP contribution in [0.3, 0.4) is 0 Å². The van der Waals surface area contributed by atoms with Gasteiger partial charge in [0.25, 0.3) is 6.43 Å². The summed E-state index contributed by atoms with van der Waals surface area (Å²) in [6, 6.07) is 0.102. The summed E-state index contributed by atoms with van der Waals surface area (Å²) in [6.45, 7) is 3.39. The Balaban J connectivity index is 3.37. The number of allylic oxidation sites excluding steroid dienone is 1. The van der Waals surface area contributed by atoms with E-state index in [0.29, 0.717) is 13.0 Å². The smallest absolute Gasteiger partial charge is 0.261 e. The van der Waals surface area contributed by atoms with E-state index in [4.69, 9.17) is 10.6 Å². The summed E-state index contributed by atoms with van der Waals surface area (Å²) in [4.78, 5) is 0. The molecule has 0 aromatic heterocycles. The van der Waals surface area contributed by atoms with E-state index in [1.165, 1.54) is 0 Å². The van der Waals surface area contributed by atoms with Crippen molar-refractivity contribution >= 4 is 0 Å². The van der Waals surface area contributed by atoms with Crippen LogP contribution in [0.15, 0.2) is 12.7 Å². The Bertz CT molecular complexity index is 145. The van der Waals surface area contributed by atoms with E-state index in [-0.39, 0.29) is 6.04 Å². The fraction of sp³-hybridized carbons (Fsp3) is 0.778. The van der Waals surface area contributed by atoms with Crippen molar-refractivity contribution in [3.05, 3.63) is 12.7 Å². The second kappa shape index (κ2) is 9.05. The molecule has 14 heavy (non-hydrogen) atoms. The Kier molecular flexibility index (Phi) is 8.72. The highest BCUT2D eigenvalue weighted by atomic mass is 19.3. The van der Waals surface area contributed by atoms with E-state index < -0.39 is 13.0 Å². The summed E-state index contributed by atoms with van der Waals surface area (Å²) in [5, 5.41) is 0. The molecule has 84 valence electrons. The lowest BCUT2D eigenvalue weighted by atomic mass is 10.1. The molecule has 3 N–H and O–H groups in total. The van der Waals surface area contributed by atoms with Gasteiger partial charge in [0, 0.05) is 12.6 Å². The van der Waals surface area contributed by atoms with E-state index >= 15 is 0 Å². The summed E-state index contributed by atoms with van der Waals surface area (Å²) in [5.74, 6) is 5.27. The highest BCUT2D eigenvalue weighted by Gasteiger charge is 2.06. The van der Waals surface area contributed by atoms with Crippen molar-refractivity contribution < 1.29 is 13.5 Å². The zero-order chi connectivity index (χ0) is 10.8. The van der Waals surface area contributed by atoms with Gasteiger partial charge in [-0.25, -0.2) is 8.78 Å². The van der Waals surface area contributed by atoms with Crippen LogP contribution in [0.5, 0.6) is 0 Å². The van der Waals surface area contributed by atoms with Gasteiger partial charge in [0.1, 0.15) is 6.61 Å². The number of halogens is 2. The zero-order valence-corrected chi connectivity index (χ0v) is 8.22. The summed E-state index contributed by atoms with van der Waals surface area (Å²) < 4.78 is 28.1. The Morgan fingerprint density at radius 2 is 2.14 bits per heavy atom. The van der Waals surface area contributed by atoms with Crippen molar-refractivity contribution in [3.63, 3.8) is 0 Å². The van der Waals surface area contributed by atoms with Crippen LogP contribution in [0.4, 0.5) is 8.78 Å². The van der Waals surface area contributed by atoms with Crippen molar-refractivity contribution in [1.82, 2.24) is 5.43 Å². The quantitative estimate of drug-likeness (QED) is 0.261. The second-order valence-electron chi connectivity index (χ2n) is 2.98. The molecule has 0 bridgehead atoms. The Hall–Kier alpha value is -0.520. The molecule has 0 saturated carbocycles. The summed E-state index contributed by atoms with van der Waals surface area (Å²) in [7, 11) is 0. The number of hydrazine groups is 1. The molecule has 1 unspecified atom stereocenters. The Morgan fingerprint density at radius 3 is 2.64 bits per heavy atom. The van der Waals surface area contributed by atoms with E-state index in [9.17, 15) is 8.78 Å². The topological polar surface area (TPSA) is 47.3 Å². The maximum atomic E-state index is 11.7. The lowest BCUT2D eigenvalue weighted by Crippen LogP contribution is -2.36. The number of nitrogens with two attached hydrogens (primary N) is 1. The molecule has 0 amide bonds. The zero-order valence-electron chi connectivity index (χ0n) is 8.22. The number of rotatable bonds is 9. The lowest BCUT2D eigenvalue weighted by molar-refractivity contribution is 0.0142. The first kappa shape index (κ1) is 13.5. The Labute approximate surface area is 83.3 Å². The number of ether oxygens (including phenoxy) is 1. The van der Waals surface area contributed by atoms with Gasteiger partial charge in [-0.15, -0.1) is 6.58 Å². The Morgan fingerprint density at radius 1 is 1.43 bits per heavy atom. The van der Waals surface area contributed by atoms with Crippen molar-refractivity contribution in [2.45, 2.75) is 31.7 Å². The fourth-order valence-electron chi connectivity index (χ4n) is 1.03. The molecule has 0 aliphatic heterocycles. The molecule has 0 heterocycles. The number of nitrogens with one attached hydrogen (secondary N) is 1. The normalized spacial score (nSPS) is 13.1. The van der Waals surface area contributed by atoms with E-state index in [0.717, 1.165) is 12.8 Å². The molecule has 5 heteroatoms. The van der Waals surface area contributed by atoms with Crippen LogP contribution >= 0.6 is 0 Å². The minimum atomic E-state index is -2.40. The highest BCUT2D eigenvalue weighted by molar-refractivity contribution is 4.72. The van der Waals surface area contributed by atoms with Crippen molar-refractivity contribution in [2.75, 3.05) is 13.2 Å². The molecule has 1 atom stereocenters. The third-order valence-corrected chi connectivity index (χ3v) is 1.81. The molecule has 0 fully saturated rings. The van der Waals surface area contributed by atoms with Crippen LogP contribution in [0.25, 0.3) is 0 Å². The van der Waals surface area contributed by atoms with Crippen molar-refractivity contribution in [2.24, 2.45) is 5.84 Å². The maximum absolute atomic E-state index is 11.7. The van der Waals surface area contributed by atoms with Gasteiger partial charge in [0.15, 0.2) is 0 Å². The van der Waals surface area contributed by atoms with Gasteiger partial charge in [-0.1, -0.05) is 6.08 Å². The number of alkyl halides is 2. The standard InChI is InChI=1S/C9H18F2N2O/c1-2-3-4-8(13-12)5-6-14-7-9(10)11/h2,8-9,13H,1,3-7,12H2. The van der Waals surface area contributed by atoms with Crippen molar-refractivity contribution in [1.29, 1.82) is 0 Å². The monoisotopic (exact) mass is 208 g/mol. The molecule has 0 aliphatic rings. The summed E-state index contributed by atoms with van der Waals surface area (Å²) in [5.41, 5.74) is 2.61. The van der Waals surface area contributed by atoms with Gasteiger partial charge in [0.05, 0.1) is 0 Å². The van der Waals surface area contributed by atoms with Gasteiger partial charge in [-0.05, 0) is 19.3 Å². The first-order chi connectivity index (χ1) is 6.70. The van der Waals surface area contributed by atoms with Gasteiger partial charge in [-0.2, -0.15) is 0 Å². The average Bonchev–Trinajstić information content (AvgIpc) is 2.16. The van der Waals surface area contributed by atoms with E-state index in [1.54, 1.807) is 6.08 Å². The largest absolute Gasteiger partial charge is 0.375 e. The molecular weight excluding hydrogens is 190 g/mol. The number of hydrogen-bond donors (Lipinski definition) is 2. The van der Waals surface area contributed by atoms with E-state index in [2.05, 4.69) is 12.0 Å². The molecule has 0 aromatic carbocycles. The van der Waals surface area contributed by atoms with Crippen LogP contribution in [0, 0.1) is 0 Å². The van der Waals surface area contributed by atoms with Crippen LogP contribution < -0.4 is 11.3 Å². The molecule has 0 saturated heterocycles. The summed E-state index contributed by atoms with van der Waals surface area (Å²) in [6.07, 6.45) is 1.73. The summed E-state index contributed by atoms with van der Waals surface area (Å²) >= 11 is 0. The van der Waals surface area contributed by atoms with Crippen LogP contribution in [-0.2, 0) is 4.74 Å². The van der Waals surface area contributed by atoms with Gasteiger partial charge in [-0.3, -0.25) is 11.3 Å². The van der Waals surface area contributed by atoms with Gasteiger partial charge >= 0.3 is 0 Å². The third-order valence-electron chi connectivity index (χ3n) is 1.81. The first-order valence-electron chi connectivity index (χ1n) is 4.63. The lowest BCUT2D eigenvalue weighted by Gasteiger charge is -2.14. The number of hydrogen-bond acceptors (Lipinski definition) is 3. The van der Waals surface area contributed by atoms with Crippen LogP contribution in [0.2, 0.25) is 0 Å². The fourth-order valence-corrected chi connectivity index (χ4v) is 1.03. The van der Waals surface area contributed by atoms with Crippen LogP contribution in [-0.4, -0.2) is 25.7 Å². The van der Waals surface area contributed by atoms with Crippen LogP contribution in [0.1, 0.15) is 19.3 Å². The highest BCUT2D eigenvalue weighted by Crippen LogP contribution is 2.02. The molecule has 0 radical (unpaired) electrons. The molecule has 0 aromatic rings. The van der Waals surface area contributed by atoms with Gasteiger partial charge < -0.3 is 4.74 Å². The van der Waals surface area contributed by atoms with E-state index in [1.807, 2.05) is 0 Å². The van der Waals surface area contributed by atoms with Crippen molar-refractivity contribution in [3.8, 4) is 0 Å². The predicted molar refractivity (Wildman–Crippen MR) is 52.0 cm³/mol. The van der Waals surface area contributed by atoms with Gasteiger partial charge in [0.2, 0.25) is 0 Å². The SMILES string of the molecule is C=CCCC(CCOCC(F)F)NN. The predicted octanol–water partition coefficient (Wildman–Crippen LogP) is 1.46. The molecule has 3 nitrogen and oxygen atoms in total. The first-order valence-corrected chi connectivity index (χ1v) is 4.63. The third kappa shape index (κ3) is 8.10. The molecular formula is C9H18F2N2O. The minimum absolute atomic E-state index is 0.102. The molecule has 0 spiro atoms.